The molecule has 0 fully saturated rings. The van der Waals surface area contributed by atoms with Gasteiger partial charge in [0, 0.05) is 10.2 Å². The van der Waals surface area contributed by atoms with E-state index in [0.717, 1.165) is 15.6 Å². The van der Waals surface area contributed by atoms with Gasteiger partial charge in [0.1, 0.15) is 0 Å². The normalized spacial score (nSPS) is 12.0. The molecule has 0 aromatic heterocycles. The minimum Gasteiger partial charge on any atom is -0.493 e. The SMILES string of the molecule is COc1ccc(C(NN)c2cc(Br)ccc2N)cc1OC. The maximum atomic E-state index is 6.06. The zero-order chi connectivity index (χ0) is 15.4. The zero-order valence-corrected chi connectivity index (χ0v) is 13.5. The van der Waals surface area contributed by atoms with Crippen molar-refractivity contribution in [2.75, 3.05) is 20.0 Å². The first-order valence-corrected chi connectivity index (χ1v) is 7.13. The molecular weight excluding hydrogens is 334 g/mol. The predicted octanol–water partition coefficient (Wildman–Crippen LogP) is 2.60. The summed E-state index contributed by atoms with van der Waals surface area (Å²) in [5.41, 5.74) is 11.3. The topological polar surface area (TPSA) is 82.5 Å². The number of hydrogen-bond donors (Lipinski definition) is 3. The second kappa shape index (κ2) is 6.80. The van der Waals surface area contributed by atoms with Crippen molar-refractivity contribution in [3.05, 3.63) is 52.0 Å². The fourth-order valence-electron chi connectivity index (χ4n) is 2.19. The van der Waals surface area contributed by atoms with Gasteiger partial charge in [0.05, 0.1) is 20.3 Å². The van der Waals surface area contributed by atoms with Gasteiger partial charge in [-0.2, -0.15) is 0 Å². The van der Waals surface area contributed by atoms with E-state index in [1.807, 2.05) is 36.4 Å². The third-order valence-electron chi connectivity index (χ3n) is 3.27. The molecule has 21 heavy (non-hydrogen) atoms. The van der Waals surface area contributed by atoms with Crippen LogP contribution in [0.5, 0.6) is 11.5 Å². The van der Waals surface area contributed by atoms with E-state index in [9.17, 15) is 0 Å². The summed E-state index contributed by atoms with van der Waals surface area (Å²) in [4.78, 5) is 0. The number of hydrazine groups is 1. The molecule has 5 N–H and O–H groups in total. The van der Waals surface area contributed by atoms with E-state index in [1.165, 1.54) is 0 Å². The van der Waals surface area contributed by atoms with Crippen molar-refractivity contribution in [2.45, 2.75) is 6.04 Å². The van der Waals surface area contributed by atoms with Gasteiger partial charge in [-0.15, -0.1) is 0 Å². The molecule has 0 aliphatic rings. The number of benzene rings is 2. The quantitative estimate of drug-likeness (QED) is 0.438. The maximum absolute atomic E-state index is 6.06. The Morgan fingerprint density at radius 3 is 2.38 bits per heavy atom. The summed E-state index contributed by atoms with van der Waals surface area (Å²) in [7, 11) is 3.20. The highest BCUT2D eigenvalue weighted by Gasteiger charge is 2.17. The largest absolute Gasteiger partial charge is 0.493 e. The van der Waals surface area contributed by atoms with Crippen molar-refractivity contribution in [1.29, 1.82) is 0 Å². The highest BCUT2D eigenvalue weighted by atomic mass is 79.9. The van der Waals surface area contributed by atoms with Crippen LogP contribution in [0, 0.1) is 0 Å². The molecule has 0 radical (unpaired) electrons. The van der Waals surface area contributed by atoms with E-state index in [2.05, 4.69) is 21.4 Å². The Labute approximate surface area is 132 Å². The molecule has 0 bridgehead atoms. The molecule has 0 aliphatic heterocycles. The highest BCUT2D eigenvalue weighted by molar-refractivity contribution is 9.10. The smallest absolute Gasteiger partial charge is 0.161 e. The van der Waals surface area contributed by atoms with Crippen molar-refractivity contribution < 1.29 is 9.47 Å². The molecule has 112 valence electrons. The minimum absolute atomic E-state index is 0.248. The maximum Gasteiger partial charge on any atom is 0.161 e. The van der Waals surface area contributed by atoms with Gasteiger partial charge in [0.15, 0.2) is 11.5 Å². The molecule has 1 unspecified atom stereocenters. The number of hydrogen-bond acceptors (Lipinski definition) is 5. The number of anilines is 1. The van der Waals surface area contributed by atoms with Gasteiger partial charge >= 0.3 is 0 Å². The summed E-state index contributed by atoms with van der Waals surface area (Å²) in [5.74, 6) is 7.03. The lowest BCUT2D eigenvalue weighted by Crippen LogP contribution is -2.29. The van der Waals surface area contributed by atoms with Crippen LogP contribution < -0.4 is 26.5 Å². The lowest BCUT2D eigenvalue weighted by atomic mass is 9.97. The first-order valence-electron chi connectivity index (χ1n) is 6.33. The average molecular weight is 352 g/mol. The van der Waals surface area contributed by atoms with Crippen LogP contribution in [-0.4, -0.2) is 14.2 Å². The summed E-state index contributed by atoms with van der Waals surface area (Å²) in [6, 6.07) is 11.1. The Bertz CT molecular complexity index is 634. The third kappa shape index (κ3) is 3.29. The molecule has 0 aliphatic carbocycles. The Morgan fingerprint density at radius 1 is 1.05 bits per heavy atom. The van der Waals surface area contributed by atoms with Crippen molar-refractivity contribution in [3.63, 3.8) is 0 Å². The molecule has 5 nitrogen and oxygen atoms in total. The summed E-state index contributed by atoms with van der Waals surface area (Å²) in [6.07, 6.45) is 0. The highest BCUT2D eigenvalue weighted by Crippen LogP contribution is 2.34. The molecule has 2 aromatic carbocycles. The molecule has 0 amide bonds. The number of methoxy groups -OCH3 is 2. The molecule has 2 aromatic rings. The number of halogens is 1. The Morgan fingerprint density at radius 2 is 1.76 bits per heavy atom. The summed E-state index contributed by atoms with van der Waals surface area (Å²) in [5, 5.41) is 0. The second-order valence-corrected chi connectivity index (χ2v) is 5.40. The lowest BCUT2D eigenvalue weighted by Gasteiger charge is -2.20. The first kappa shape index (κ1) is 15.6. The van der Waals surface area contributed by atoms with Crippen LogP contribution in [0.4, 0.5) is 5.69 Å². The van der Waals surface area contributed by atoms with Gasteiger partial charge in [-0.25, -0.2) is 5.43 Å². The van der Waals surface area contributed by atoms with Crippen LogP contribution in [0.25, 0.3) is 0 Å². The molecule has 2 rings (SSSR count). The van der Waals surface area contributed by atoms with E-state index in [4.69, 9.17) is 21.1 Å². The number of ether oxygens (including phenoxy) is 2. The minimum atomic E-state index is -0.248. The fourth-order valence-corrected chi connectivity index (χ4v) is 2.57. The van der Waals surface area contributed by atoms with Crippen LogP contribution in [0.15, 0.2) is 40.9 Å². The number of nitrogens with one attached hydrogen (secondary N) is 1. The van der Waals surface area contributed by atoms with Gasteiger partial charge in [0.2, 0.25) is 0 Å². The van der Waals surface area contributed by atoms with Crippen LogP contribution in [0.2, 0.25) is 0 Å². The monoisotopic (exact) mass is 351 g/mol. The average Bonchev–Trinajstić information content (AvgIpc) is 2.51. The third-order valence-corrected chi connectivity index (χ3v) is 3.76. The predicted molar refractivity (Wildman–Crippen MR) is 87.3 cm³/mol. The van der Waals surface area contributed by atoms with Crippen molar-refractivity contribution in [1.82, 2.24) is 5.43 Å². The summed E-state index contributed by atoms with van der Waals surface area (Å²) in [6.45, 7) is 0. The van der Waals surface area contributed by atoms with Gasteiger partial charge in [-0.1, -0.05) is 22.0 Å². The van der Waals surface area contributed by atoms with E-state index in [1.54, 1.807) is 14.2 Å². The molecule has 0 saturated carbocycles. The van der Waals surface area contributed by atoms with Crippen LogP contribution in [0.1, 0.15) is 17.2 Å². The molecule has 0 spiro atoms. The van der Waals surface area contributed by atoms with Gasteiger partial charge in [-0.3, -0.25) is 5.84 Å². The standard InChI is InChI=1S/C15H18BrN3O2/c1-20-13-6-3-9(7-14(13)21-2)15(19-18)11-8-10(16)4-5-12(11)17/h3-8,15,19H,17-18H2,1-2H3. The fraction of sp³-hybridized carbons (Fsp3) is 0.200. The number of nitrogens with two attached hydrogens (primary N) is 2. The van der Waals surface area contributed by atoms with Gasteiger partial charge in [0.25, 0.3) is 0 Å². The Hall–Kier alpha value is -1.76. The molecule has 0 saturated heterocycles. The summed E-state index contributed by atoms with van der Waals surface area (Å²) >= 11 is 3.45. The Kier molecular flexibility index (Phi) is 5.06. The van der Waals surface area contributed by atoms with E-state index >= 15 is 0 Å². The Balaban J connectivity index is 2.48. The van der Waals surface area contributed by atoms with Gasteiger partial charge in [-0.05, 0) is 41.5 Å². The van der Waals surface area contributed by atoms with Crippen molar-refractivity contribution >= 4 is 21.6 Å². The van der Waals surface area contributed by atoms with Crippen LogP contribution in [0.3, 0.4) is 0 Å². The lowest BCUT2D eigenvalue weighted by molar-refractivity contribution is 0.354. The summed E-state index contributed by atoms with van der Waals surface area (Å²) < 4.78 is 11.5. The molecule has 1 atom stereocenters. The molecular formula is C15H18BrN3O2. The molecule has 0 heterocycles. The second-order valence-electron chi connectivity index (χ2n) is 4.49. The van der Waals surface area contributed by atoms with Gasteiger partial charge < -0.3 is 15.2 Å². The van der Waals surface area contributed by atoms with Crippen molar-refractivity contribution in [3.8, 4) is 11.5 Å². The van der Waals surface area contributed by atoms with E-state index in [-0.39, 0.29) is 6.04 Å². The number of nitrogen functional groups attached to an aromatic ring is 1. The first-order chi connectivity index (χ1) is 10.1. The van der Waals surface area contributed by atoms with Crippen LogP contribution in [-0.2, 0) is 0 Å². The molecule has 6 heteroatoms. The van der Waals surface area contributed by atoms with E-state index in [0.29, 0.717) is 17.2 Å². The van der Waals surface area contributed by atoms with Crippen LogP contribution >= 0.6 is 15.9 Å². The van der Waals surface area contributed by atoms with E-state index < -0.39 is 0 Å². The number of rotatable bonds is 5. The van der Waals surface area contributed by atoms with Crippen molar-refractivity contribution in [2.24, 2.45) is 5.84 Å². The zero-order valence-electron chi connectivity index (χ0n) is 11.9.